The molecule has 1 rings (SSSR count). The van der Waals surface area contributed by atoms with Gasteiger partial charge in [-0.05, 0) is 30.7 Å². The van der Waals surface area contributed by atoms with Gasteiger partial charge in [0.2, 0.25) is 5.91 Å². The third-order valence-electron chi connectivity index (χ3n) is 2.23. The van der Waals surface area contributed by atoms with Crippen LogP contribution in [0.15, 0.2) is 22.7 Å². The minimum absolute atomic E-state index is 0.0742. The van der Waals surface area contributed by atoms with Crippen molar-refractivity contribution in [3.8, 4) is 0 Å². The first-order valence-electron chi connectivity index (χ1n) is 5.54. The maximum atomic E-state index is 11.2. The van der Waals surface area contributed by atoms with E-state index in [9.17, 15) is 4.79 Å². The monoisotopic (exact) mass is 318 g/mol. The van der Waals surface area contributed by atoms with Gasteiger partial charge < -0.3 is 10.6 Å². The first-order valence-corrected chi connectivity index (χ1v) is 6.72. The molecule has 94 valence electrons. The van der Waals surface area contributed by atoms with Gasteiger partial charge in [-0.2, -0.15) is 0 Å². The zero-order chi connectivity index (χ0) is 12.7. The summed E-state index contributed by atoms with van der Waals surface area (Å²) in [6.45, 7) is 3.94. The summed E-state index contributed by atoms with van der Waals surface area (Å²) in [5.41, 5.74) is 1.09. The van der Waals surface area contributed by atoms with E-state index in [0.717, 1.165) is 10.0 Å². The zero-order valence-electron chi connectivity index (χ0n) is 9.72. The summed E-state index contributed by atoms with van der Waals surface area (Å²) in [7, 11) is 0. The van der Waals surface area contributed by atoms with Gasteiger partial charge in [0.05, 0.1) is 0 Å². The summed E-state index contributed by atoms with van der Waals surface area (Å²) in [4.78, 5) is 11.2. The molecule has 0 aliphatic heterocycles. The average molecular weight is 320 g/mol. The van der Waals surface area contributed by atoms with Gasteiger partial charge in [-0.25, -0.2) is 0 Å². The van der Waals surface area contributed by atoms with Gasteiger partial charge in [-0.15, -0.1) is 0 Å². The summed E-state index contributed by atoms with van der Waals surface area (Å²) in [5, 5.41) is 6.68. The van der Waals surface area contributed by atoms with Crippen LogP contribution in [0.25, 0.3) is 0 Å². The molecule has 0 saturated heterocycles. The zero-order valence-corrected chi connectivity index (χ0v) is 12.1. The fourth-order valence-corrected chi connectivity index (χ4v) is 1.97. The molecule has 3 nitrogen and oxygen atoms in total. The second-order valence-electron chi connectivity index (χ2n) is 3.62. The van der Waals surface area contributed by atoms with Crippen LogP contribution < -0.4 is 10.6 Å². The molecule has 0 unspecified atom stereocenters. The predicted molar refractivity (Wildman–Crippen MR) is 74.2 cm³/mol. The van der Waals surface area contributed by atoms with Crippen LogP contribution in [-0.2, 0) is 11.3 Å². The molecule has 2 N–H and O–H groups in total. The Morgan fingerprint density at radius 1 is 1.47 bits per heavy atom. The molecule has 1 aromatic rings. The Hall–Kier alpha value is -0.580. The number of hydrogen-bond donors (Lipinski definition) is 2. The number of hydrogen-bond acceptors (Lipinski definition) is 2. The number of amides is 1. The maximum absolute atomic E-state index is 11.2. The van der Waals surface area contributed by atoms with Crippen molar-refractivity contribution in [1.29, 1.82) is 0 Å². The SMILES string of the molecule is CCNC(=O)CCNCc1cc(Cl)ccc1Br. The highest BCUT2D eigenvalue weighted by molar-refractivity contribution is 9.10. The van der Waals surface area contributed by atoms with E-state index < -0.39 is 0 Å². The fraction of sp³-hybridized carbons (Fsp3) is 0.417. The van der Waals surface area contributed by atoms with Gasteiger partial charge in [-0.3, -0.25) is 4.79 Å². The third kappa shape index (κ3) is 5.52. The Morgan fingerprint density at radius 3 is 2.94 bits per heavy atom. The molecule has 1 aromatic carbocycles. The van der Waals surface area contributed by atoms with Crippen LogP contribution in [-0.4, -0.2) is 19.0 Å². The Labute approximate surface area is 115 Å². The number of benzene rings is 1. The molecule has 0 aliphatic rings. The molecule has 0 radical (unpaired) electrons. The molecule has 17 heavy (non-hydrogen) atoms. The molecule has 0 bridgehead atoms. The Morgan fingerprint density at radius 2 is 2.24 bits per heavy atom. The second-order valence-corrected chi connectivity index (χ2v) is 4.91. The van der Waals surface area contributed by atoms with Crippen LogP contribution in [0.5, 0.6) is 0 Å². The van der Waals surface area contributed by atoms with Crippen molar-refractivity contribution in [1.82, 2.24) is 10.6 Å². The molecule has 0 aliphatic carbocycles. The first kappa shape index (κ1) is 14.5. The van der Waals surface area contributed by atoms with Crippen molar-refractivity contribution in [3.05, 3.63) is 33.3 Å². The average Bonchev–Trinajstić information content (AvgIpc) is 2.29. The van der Waals surface area contributed by atoms with Gasteiger partial charge >= 0.3 is 0 Å². The Bertz CT molecular complexity index is 385. The molecule has 0 spiro atoms. The lowest BCUT2D eigenvalue weighted by molar-refractivity contribution is -0.120. The van der Waals surface area contributed by atoms with E-state index in [1.165, 1.54) is 0 Å². The molecule has 0 fully saturated rings. The van der Waals surface area contributed by atoms with E-state index in [1.807, 2.05) is 25.1 Å². The molecular formula is C12H16BrClN2O. The lowest BCUT2D eigenvalue weighted by Gasteiger charge is -2.07. The van der Waals surface area contributed by atoms with E-state index >= 15 is 0 Å². The molecular weight excluding hydrogens is 304 g/mol. The normalized spacial score (nSPS) is 10.3. The number of rotatable bonds is 6. The maximum Gasteiger partial charge on any atom is 0.221 e. The molecule has 0 atom stereocenters. The first-order chi connectivity index (χ1) is 8.13. The molecule has 0 heterocycles. The van der Waals surface area contributed by atoms with E-state index in [-0.39, 0.29) is 5.91 Å². The standard InChI is InChI=1S/C12H16BrClN2O/c1-2-16-12(17)5-6-15-8-9-7-10(14)3-4-11(9)13/h3-4,7,15H,2,5-6,8H2,1H3,(H,16,17). The van der Waals surface area contributed by atoms with Gasteiger partial charge in [0.1, 0.15) is 0 Å². The Kier molecular flexibility index (Phi) is 6.55. The minimum atomic E-state index is 0.0742. The topological polar surface area (TPSA) is 41.1 Å². The van der Waals surface area contributed by atoms with Crippen LogP contribution >= 0.6 is 27.5 Å². The van der Waals surface area contributed by atoms with Gasteiger partial charge in [-0.1, -0.05) is 27.5 Å². The van der Waals surface area contributed by atoms with E-state index in [0.29, 0.717) is 31.1 Å². The van der Waals surface area contributed by atoms with Crippen molar-refractivity contribution >= 4 is 33.4 Å². The minimum Gasteiger partial charge on any atom is -0.356 e. The lowest BCUT2D eigenvalue weighted by atomic mass is 10.2. The van der Waals surface area contributed by atoms with Crippen LogP contribution in [0.4, 0.5) is 0 Å². The van der Waals surface area contributed by atoms with Crippen LogP contribution in [0.2, 0.25) is 5.02 Å². The third-order valence-corrected chi connectivity index (χ3v) is 3.23. The highest BCUT2D eigenvalue weighted by atomic mass is 79.9. The van der Waals surface area contributed by atoms with Gasteiger partial charge in [0.15, 0.2) is 0 Å². The smallest absolute Gasteiger partial charge is 0.221 e. The summed E-state index contributed by atoms with van der Waals surface area (Å²) in [6, 6.07) is 5.66. The highest BCUT2D eigenvalue weighted by Crippen LogP contribution is 2.20. The van der Waals surface area contributed by atoms with Gasteiger partial charge in [0, 0.05) is 35.6 Å². The number of nitrogens with one attached hydrogen (secondary N) is 2. The van der Waals surface area contributed by atoms with E-state index in [2.05, 4.69) is 26.6 Å². The summed E-state index contributed by atoms with van der Waals surface area (Å²) in [6.07, 6.45) is 0.492. The number of halogens is 2. The predicted octanol–water partition coefficient (Wildman–Crippen LogP) is 2.72. The van der Waals surface area contributed by atoms with Crippen molar-refractivity contribution in [3.63, 3.8) is 0 Å². The highest BCUT2D eigenvalue weighted by Gasteiger charge is 2.02. The van der Waals surface area contributed by atoms with Gasteiger partial charge in [0.25, 0.3) is 0 Å². The lowest BCUT2D eigenvalue weighted by Crippen LogP contribution is -2.27. The summed E-state index contributed by atoms with van der Waals surface area (Å²) < 4.78 is 1.02. The van der Waals surface area contributed by atoms with Crippen LogP contribution in [0.3, 0.4) is 0 Å². The van der Waals surface area contributed by atoms with E-state index in [4.69, 9.17) is 11.6 Å². The van der Waals surface area contributed by atoms with Crippen molar-refractivity contribution < 1.29 is 4.79 Å². The van der Waals surface area contributed by atoms with E-state index in [1.54, 1.807) is 0 Å². The molecule has 1 amide bonds. The molecule has 0 saturated carbocycles. The fourth-order valence-electron chi connectivity index (χ4n) is 1.39. The summed E-state index contributed by atoms with van der Waals surface area (Å²) >= 11 is 9.37. The molecule has 0 aromatic heterocycles. The number of carbonyl (C=O) groups excluding carboxylic acids is 1. The van der Waals surface area contributed by atoms with Crippen LogP contribution in [0.1, 0.15) is 18.9 Å². The summed E-state index contributed by atoms with van der Waals surface area (Å²) in [5.74, 6) is 0.0742. The van der Waals surface area contributed by atoms with Crippen molar-refractivity contribution in [2.24, 2.45) is 0 Å². The van der Waals surface area contributed by atoms with Crippen molar-refractivity contribution in [2.75, 3.05) is 13.1 Å². The Balaban J connectivity index is 2.31. The second kappa shape index (κ2) is 7.69. The quantitative estimate of drug-likeness (QED) is 0.792. The molecule has 5 heteroatoms. The van der Waals surface area contributed by atoms with Crippen molar-refractivity contribution in [2.45, 2.75) is 19.9 Å². The van der Waals surface area contributed by atoms with Crippen LogP contribution in [0, 0.1) is 0 Å². The number of carbonyl (C=O) groups is 1. The largest absolute Gasteiger partial charge is 0.356 e.